The fraction of sp³-hybridized carbons (Fsp3) is 0.333. The van der Waals surface area contributed by atoms with E-state index in [-0.39, 0.29) is 17.8 Å². The third-order valence-electron chi connectivity index (χ3n) is 5.84. The Labute approximate surface area is 181 Å². The average Bonchev–Trinajstić information content (AvgIpc) is 3.37. The lowest BCUT2D eigenvalue weighted by Crippen LogP contribution is -2.23. The van der Waals surface area contributed by atoms with E-state index in [0.29, 0.717) is 11.3 Å². The third kappa shape index (κ3) is 3.11. The van der Waals surface area contributed by atoms with Gasteiger partial charge in [-0.3, -0.25) is 4.79 Å². The molecule has 1 fully saturated rings. The standard InChI is InChI=1S/C21H20ClN5O2S/c1-29-21(28)12-7-5-11(6-8-12)20-26-16(17-19(23)24-10-25-27(17)20)15-9-13-3-2-4-14(22)18(13)30-15/h2-4,9-12H,5-8H2,1H3,(H2,23,24,25). The van der Waals surface area contributed by atoms with E-state index in [4.69, 9.17) is 27.1 Å². The Balaban J connectivity index is 1.59. The summed E-state index contributed by atoms with van der Waals surface area (Å²) < 4.78 is 7.74. The second-order valence-electron chi connectivity index (χ2n) is 7.56. The molecule has 0 aliphatic heterocycles. The summed E-state index contributed by atoms with van der Waals surface area (Å²) in [6, 6.07) is 7.94. The van der Waals surface area contributed by atoms with Gasteiger partial charge in [0.1, 0.15) is 23.4 Å². The number of rotatable bonds is 3. The molecule has 1 aliphatic rings. The molecule has 0 saturated heterocycles. The lowest BCUT2D eigenvalue weighted by atomic mass is 9.81. The largest absolute Gasteiger partial charge is 0.469 e. The number of hydrogen-bond donors (Lipinski definition) is 1. The maximum absolute atomic E-state index is 11.9. The van der Waals surface area contributed by atoms with Crippen LogP contribution in [0.25, 0.3) is 26.2 Å². The number of anilines is 1. The molecule has 2 N–H and O–H groups in total. The number of nitrogens with two attached hydrogens (primary N) is 1. The molecule has 0 unspecified atom stereocenters. The minimum atomic E-state index is -0.129. The van der Waals surface area contributed by atoms with Gasteiger partial charge in [0.05, 0.1) is 27.6 Å². The Morgan fingerprint density at radius 3 is 2.83 bits per heavy atom. The first kappa shape index (κ1) is 19.3. The molecule has 9 heteroatoms. The molecular weight excluding hydrogens is 422 g/mol. The fourth-order valence-electron chi connectivity index (χ4n) is 4.31. The molecular formula is C21H20ClN5O2S. The summed E-state index contributed by atoms with van der Waals surface area (Å²) in [6.45, 7) is 0. The zero-order valence-corrected chi connectivity index (χ0v) is 17.9. The van der Waals surface area contributed by atoms with Crippen LogP contribution in [0.2, 0.25) is 5.02 Å². The zero-order chi connectivity index (χ0) is 20.8. The van der Waals surface area contributed by atoms with Crippen LogP contribution in [0, 0.1) is 5.92 Å². The topological polar surface area (TPSA) is 95.4 Å². The normalized spacial score (nSPS) is 19.4. The van der Waals surface area contributed by atoms with Crippen molar-refractivity contribution in [3.63, 3.8) is 0 Å². The smallest absolute Gasteiger partial charge is 0.308 e. The number of methoxy groups -OCH3 is 1. The van der Waals surface area contributed by atoms with Crippen LogP contribution in [-0.2, 0) is 9.53 Å². The number of halogens is 1. The van der Waals surface area contributed by atoms with Crippen molar-refractivity contribution in [2.45, 2.75) is 31.6 Å². The van der Waals surface area contributed by atoms with E-state index < -0.39 is 0 Å². The Morgan fingerprint density at radius 1 is 1.30 bits per heavy atom. The van der Waals surface area contributed by atoms with Crippen LogP contribution in [0.3, 0.4) is 0 Å². The summed E-state index contributed by atoms with van der Waals surface area (Å²) in [5.41, 5.74) is 7.73. The first-order valence-electron chi connectivity index (χ1n) is 9.82. The predicted octanol–water partition coefficient (Wildman–Crippen LogP) is 4.69. The molecule has 0 amide bonds. The van der Waals surface area contributed by atoms with Gasteiger partial charge in [0, 0.05) is 5.92 Å². The summed E-state index contributed by atoms with van der Waals surface area (Å²) in [4.78, 5) is 22.0. The Kier molecular flexibility index (Phi) is 4.83. The number of nitrogens with zero attached hydrogens (tertiary/aromatic N) is 4. The van der Waals surface area contributed by atoms with E-state index >= 15 is 0 Å². The molecule has 3 heterocycles. The van der Waals surface area contributed by atoms with E-state index in [1.165, 1.54) is 13.4 Å². The molecule has 0 radical (unpaired) electrons. The van der Waals surface area contributed by atoms with E-state index in [2.05, 4.69) is 16.1 Å². The number of hydrogen-bond acceptors (Lipinski definition) is 7. The maximum atomic E-state index is 11.9. The number of nitrogen functional groups attached to an aromatic ring is 1. The van der Waals surface area contributed by atoms with E-state index in [1.54, 1.807) is 11.3 Å². The van der Waals surface area contributed by atoms with Crippen molar-refractivity contribution in [1.82, 2.24) is 19.6 Å². The number of carbonyl (C=O) groups is 1. The van der Waals surface area contributed by atoms with Gasteiger partial charge in [-0.15, -0.1) is 11.3 Å². The van der Waals surface area contributed by atoms with Crippen molar-refractivity contribution in [3.05, 3.63) is 41.4 Å². The number of aromatic nitrogens is 4. The molecule has 5 rings (SSSR count). The highest BCUT2D eigenvalue weighted by atomic mass is 35.5. The van der Waals surface area contributed by atoms with Crippen LogP contribution in [0.1, 0.15) is 37.4 Å². The highest BCUT2D eigenvalue weighted by molar-refractivity contribution is 7.22. The van der Waals surface area contributed by atoms with E-state index in [9.17, 15) is 4.79 Å². The molecule has 30 heavy (non-hydrogen) atoms. The van der Waals surface area contributed by atoms with Crippen molar-refractivity contribution >= 4 is 50.3 Å². The molecule has 0 bridgehead atoms. The second kappa shape index (κ2) is 7.52. The quantitative estimate of drug-likeness (QED) is 0.463. The Bertz CT molecular complexity index is 1260. The summed E-state index contributed by atoms with van der Waals surface area (Å²) in [6.07, 6.45) is 4.71. The predicted molar refractivity (Wildman–Crippen MR) is 118 cm³/mol. The van der Waals surface area contributed by atoms with Gasteiger partial charge < -0.3 is 10.5 Å². The van der Waals surface area contributed by atoms with Gasteiger partial charge in [-0.2, -0.15) is 5.10 Å². The first-order valence-corrected chi connectivity index (χ1v) is 11.0. The van der Waals surface area contributed by atoms with Crippen LogP contribution in [0.15, 0.2) is 30.6 Å². The number of fused-ring (bicyclic) bond motifs is 2. The van der Waals surface area contributed by atoms with Gasteiger partial charge in [0.2, 0.25) is 0 Å². The van der Waals surface area contributed by atoms with Crippen LogP contribution in [0.5, 0.6) is 0 Å². The first-order chi connectivity index (χ1) is 14.6. The van der Waals surface area contributed by atoms with Crippen LogP contribution >= 0.6 is 22.9 Å². The van der Waals surface area contributed by atoms with Gasteiger partial charge in [-0.05, 0) is 43.2 Å². The summed E-state index contributed by atoms with van der Waals surface area (Å²) >= 11 is 7.97. The lowest BCUT2D eigenvalue weighted by Gasteiger charge is -2.25. The van der Waals surface area contributed by atoms with Gasteiger partial charge >= 0.3 is 5.97 Å². The highest BCUT2D eigenvalue weighted by Gasteiger charge is 2.31. The number of benzene rings is 1. The van der Waals surface area contributed by atoms with Crippen LogP contribution in [-0.4, -0.2) is 32.7 Å². The molecule has 0 spiro atoms. The summed E-state index contributed by atoms with van der Waals surface area (Å²) in [5.74, 6) is 1.28. The number of esters is 1. The molecule has 0 atom stereocenters. The highest BCUT2D eigenvalue weighted by Crippen LogP contribution is 2.42. The van der Waals surface area contributed by atoms with Crippen LogP contribution in [0.4, 0.5) is 5.82 Å². The SMILES string of the molecule is COC(=O)C1CCC(c2nc(-c3cc4cccc(Cl)c4s3)c3c(N)ncnn23)CC1. The summed E-state index contributed by atoms with van der Waals surface area (Å²) in [5, 5.41) is 6.24. The maximum Gasteiger partial charge on any atom is 0.308 e. The molecule has 4 aromatic rings. The molecule has 154 valence electrons. The number of thiophene rings is 1. The Hall–Kier alpha value is -2.71. The molecule has 7 nitrogen and oxygen atoms in total. The average molecular weight is 442 g/mol. The van der Waals surface area contributed by atoms with Crippen molar-refractivity contribution in [1.29, 1.82) is 0 Å². The minimum Gasteiger partial charge on any atom is -0.469 e. The Morgan fingerprint density at radius 2 is 2.10 bits per heavy atom. The molecule has 1 saturated carbocycles. The van der Waals surface area contributed by atoms with Gasteiger partial charge in [0.25, 0.3) is 0 Å². The van der Waals surface area contributed by atoms with Crippen LogP contribution < -0.4 is 5.73 Å². The van der Waals surface area contributed by atoms with Crippen molar-refractivity contribution in [2.24, 2.45) is 5.92 Å². The third-order valence-corrected chi connectivity index (χ3v) is 7.46. The van der Waals surface area contributed by atoms with E-state index in [1.807, 2.05) is 22.7 Å². The fourth-order valence-corrected chi connectivity index (χ4v) is 5.66. The van der Waals surface area contributed by atoms with Crippen molar-refractivity contribution in [3.8, 4) is 10.6 Å². The minimum absolute atomic E-state index is 0.0404. The monoisotopic (exact) mass is 441 g/mol. The number of imidazole rings is 1. The van der Waals surface area contributed by atoms with Gasteiger partial charge in [0.15, 0.2) is 5.82 Å². The zero-order valence-electron chi connectivity index (χ0n) is 16.3. The second-order valence-corrected chi connectivity index (χ2v) is 9.02. The van der Waals surface area contributed by atoms with Gasteiger partial charge in [-0.25, -0.2) is 14.5 Å². The summed E-state index contributed by atoms with van der Waals surface area (Å²) in [7, 11) is 1.44. The number of ether oxygens (including phenoxy) is 1. The molecule has 1 aromatic carbocycles. The van der Waals surface area contributed by atoms with Crippen molar-refractivity contribution < 1.29 is 9.53 Å². The lowest BCUT2D eigenvalue weighted by molar-refractivity contribution is -0.146. The van der Waals surface area contributed by atoms with Gasteiger partial charge in [-0.1, -0.05) is 23.7 Å². The van der Waals surface area contributed by atoms with Crippen molar-refractivity contribution in [2.75, 3.05) is 12.8 Å². The molecule has 1 aliphatic carbocycles. The molecule has 3 aromatic heterocycles. The van der Waals surface area contributed by atoms with E-state index in [0.717, 1.165) is 57.2 Å². The number of carbonyl (C=O) groups excluding carboxylic acids is 1.